The normalized spacial score (nSPS) is 10.3. The van der Waals surface area contributed by atoms with Crippen molar-refractivity contribution in [1.29, 1.82) is 0 Å². The van der Waals surface area contributed by atoms with E-state index in [9.17, 15) is 0 Å². The number of aromatic nitrogens is 2. The van der Waals surface area contributed by atoms with Gasteiger partial charge in [-0.15, -0.1) is 5.10 Å². The van der Waals surface area contributed by atoms with Gasteiger partial charge in [-0.25, -0.2) is 0 Å². The minimum Gasteiger partial charge on any atom is -0.438 e. The summed E-state index contributed by atoms with van der Waals surface area (Å²) >= 11 is 0. The molecule has 0 saturated carbocycles. The lowest BCUT2D eigenvalue weighted by atomic mass is 10.2. The maximum Gasteiger partial charge on any atom is 0.238 e. The maximum atomic E-state index is 5.59. The van der Waals surface area contributed by atoms with Crippen LogP contribution in [0.5, 0.6) is 11.6 Å². The van der Waals surface area contributed by atoms with Crippen molar-refractivity contribution in [2.45, 2.75) is 13.2 Å². The zero-order valence-electron chi connectivity index (χ0n) is 10.2. The molecule has 0 saturated heterocycles. The van der Waals surface area contributed by atoms with Crippen LogP contribution in [0.4, 0.5) is 0 Å². The summed E-state index contributed by atoms with van der Waals surface area (Å²) in [5.41, 5.74) is 7.22. The minimum atomic E-state index is 0.372. The van der Waals surface area contributed by atoms with Gasteiger partial charge in [0.1, 0.15) is 5.75 Å². The molecule has 0 unspecified atom stereocenters. The third kappa shape index (κ3) is 3.26. The van der Waals surface area contributed by atoms with Gasteiger partial charge in [-0.05, 0) is 23.8 Å². The smallest absolute Gasteiger partial charge is 0.238 e. The molecule has 5 nitrogen and oxygen atoms in total. The first-order valence-corrected chi connectivity index (χ1v) is 5.60. The van der Waals surface area contributed by atoms with Gasteiger partial charge in [0.2, 0.25) is 5.88 Å². The topological polar surface area (TPSA) is 70.3 Å². The summed E-state index contributed by atoms with van der Waals surface area (Å²) in [5, 5.41) is 7.86. The Morgan fingerprint density at radius 2 is 2.06 bits per heavy atom. The molecule has 0 radical (unpaired) electrons. The molecule has 0 atom stereocenters. The fourth-order valence-electron chi connectivity index (χ4n) is 1.50. The molecule has 0 aliphatic carbocycles. The van der Waals surface area contributed by atoms with Gasteiger partial charge in [-0.2, -0.15) is 5.10 Å². The van der Waals surface area contributed by atoms with Crippen molar-refractivity contribution < 1.29 is 9.47 Å². The Morgan fingerprint density at radius 3 is 2.72 bits per heavy atom. The highest BCUT2D eigenvalue weighted by Gasteiger charge is 2.01. The molecule has 0 amide bonds. The van der Waals surface area contributed by atoms with Crippen LogP contribution in [0.2, 0.25) is 0 Å². The van der Waals surface area contributed by atoms with E-state index in [-0.39, 0.29) is 0 Å². The van der Waals surface area contributed by atoms with Crippen LogP contribution in [0.25, 0.3) is 0 Å². The number of rotatable bonds is 5. The number of methoxy groups -OCH3 is 1. The largest absolute Gasteiger partial charge is 0.438 e. The van der Waals surface area contributed by atoms with E-state index in [2.05, 4.69) is 10.2 Å². The van der Waals surface area contributed by atoms with Crippen LogP contribution >= 0.6 is 0 Å². The fourth-order valence-corrected chi connectivity index (χ4v) is 1.50. The maximum absolute atomic E-state index is 5.59. The van der Waals surface area contributed by atoms with E-state index < -0.39 is 0 Å². The van der Waals surface area contributed by atoms with Crippen molar-refractivity contribution in [2.75, 3.05) is 7.11 Å². The van der Waals surface area contributed by atoms with Crippen LogP contribution in [0.15, 0.2) is 36.4 Å². The average molecular weight is 245 g/mol. The van der Waals surface area contributed by atoms with Crippen LogP contribution in [-0.4, -0.2) is 17.3 Å². The first-order chi connectivity index (χ1) is 8.81. The van der Waals surface area contributed by atoms with Crippen molar-refractivity contribution in [3.05, 3.63) is 47.7 Å². The SMILES string of the molecule is COCc1cccc(Oc2ccc(CN)nn2)c1. The first-order valence-electron chi connectivity index (χ1n) is 5.60. The molecule has 18 heavy (non-hydrogen) atoms. The molecule has 0 spiro atoms. The second-order valence-corrected chi connectivity index (χ2v) is 3.75. The lowest BCUT2D eigenvalue weighted by Crippen LogP contribution is -2.01. The Labute approximate surface area is 106 Å². The molecule has 0 aliphatic rings. The lowest BCUT2D eigenvalue weighted by Gasteiger charge is -2.06. The highest BCUT2D eigenvalue weighted by atomic mass is 16.5. The van der Waals surface area contributed by atoms with Gasteiger partial charge >= 0.3 is 0 Å². The Balaban J connectivity index is 2.09. The Hall–Kier alpha value is -1.98. The molecule has 2 aromatic rings. The Bertz CT molecular complexity index is 500. The summed E-state index contributed by atoms with van der Waals surface area (Å²) < 4.78 is 10.7. The molecule has 1 heterocycles. The number of hydrogen-bond donors (Lipinski definition) is 1. The number of nitrogens with zero attached hydrogens (tertiary/aromatic N) is 2. The molecule has 1 aromatic carbocycles. The average Bonchev–Trinajstić information content (AvgIpc) is 2.40. The number of nitrogens with two attached hydrogens (primary N) is 1. The third-order valence-corrected chi connectivity index (χ3v) is 2.34. The van der Waals surface area contributed by atoms with Crippen molar-refractivity contribution in [2.24, 2.45) is 5.73 Å². The van der Waals surface area contributed by atoms with Gasteiger partial charge in [0.05, 0.1) is 12.3 Å². The van der Waals surface area contributed by atoms with E-state index in [4.69, 9.17) is 15.2 Å². The highest BCUT2D eigenvalue weighted by molar-refractivity contribution is 5.31. The van der Waals surface area contributed by atoms with E-state index in [0.717, 1.165) is 11.3 Å². The summed E-state index contributed by atoms with van der Waals surface area (Å²) in [7, 11) is 1.66. The molecule has 1 aromatic heterocycles. The predicted molar refractivity (Wildman–Crippen MR) is 67.2 cm³/mol. The van der Waals surface area contributed by atoms with Gasteiger partial charge in [0.15, 0.2) is 0 Å². The first kappa shape index (κ1) is 12.5. The van der Waals surface area contributed by atoms with Crippen molar-refractivity contribution in [3.8, 4) is 11.6 Å². The zero-order chi connectivity index (χ0) is 12.8. The Morgan fingerprint density at radius 1 is 1.17 bits per heavy atom. The molecular weight excluding hydrogens is 230 g/mol. The van der Waals surface area contributed by atoms with Gasteiger partial charge in [-0.1, -0.05) is 12.1 Å². The molecule has 5 heteroatoms. The van der Waals surface area contributed by atoms with E-state index >= 15 is 0 Å². The molecule has 0 fully saturated rings. The third-order valence-electron chi connectivity index (χ3n) is 2.34. The standard InChI is InChI=1S/C13H15N3O2/c1-17-9-10-3-2-4-12(7-10)18-13-6-5-11(8-14)15-16-13/h2-7H,8-9,14H2,1H3. The van der Waals surface area contributed by atoms with Crippen LogP contribution in [0.1, 0.15) is 11.3 Å². The van der Waals surface area contributed by atoms with Crippen molar-refractivity contribution >= 4 is 0 Å². The van der Waals surface area contributed by atoms with E-state index in [1.54, 1.807) is 19.2 Å². The summed E-state index contributed by atoms with van der Waals surface area (Å²) in [6.45, 7) is 0.922. The second-order valence-electron chi connectivity index (χ2n) is 3.75. The Kier molecular flexibility index (Phi) is 4.22. The van der Waals surface area contributed by atoms with Crippen LogP contribution < -0.4 is 10.5 Å². The number of hydrogen-bond acceptors (Lipinski definition) is 5. The van der Waals surface area contributed by atoms with Gasteiger partial charge in [-0.3, -0.25) is 0 Å². The number of ether oxygens (including phenoxy) is 2. The lowest BCUT2D eigenvalue weighted by molar-refractivity contribution is 0.184. The minimum absolute atomic E-state index is 0.372. The van der Waals surface area contributed by atoms with E-state index in [0.29, 0.717) is 24.8 Å². The second kappa shape index (κ2) is 6.09. The predicted octanol–water partition coefficient (Wildman–Crippen LogP) is 1.87. The van der Waals surface area contributed by atoms with E-state index in [1.807, 2.05) is 24.3 Å². The summed E-state index contributed by atoms with van der Waals surface area (Å²) in [6, 6.07) is 11.2. The molecule has 2 rings (SSSR count). The summed E-state index contributed by atoms with van der Waals surface area (Å²) in [4.78, 5) is 0. The quantitative estimate of drug-likeness (QED) is 0.870. The zero-order valence-corrected chi connectivity index (χ0v) is 10.2. The van der Waals surface area contributed by atoms with Crippen LogP contribution in [0.3, 0.4) is 0 Å². The van der Waals surface area contributed by atoms with Crippen LogP contribution in [-0.2, 0) is 17.9 Å². The molecule has 0 bridgehead atoms. The molecule has 0 aliphatic heterocycles. The highest BCUT2D eigenvalue weighted by Crippen LogP contribution is 2.20. The molecule has 2 N–H and O–H groups in total. The number of benzene rings is 1. The van der Waals surface area contributed by atoms with Crippen molar-refractivity contribution in [1.82, 2.24) is 10.2 Å². The molecule has 94 valence electrons. The van der Waals surface area contributed by atoms with Crippen LogP contribution in [0, 0.1) is 0 Å². The van der Waals surface area contributed by atoms with Gasteiger partial charge < -0.3 is 15.2 Å². The van der Waals surface area contributed by atoms with Gasteiger partial charge in [0, 0.05) is 19.7 Å². The van der Waals surface area contributed by atoms with Crippen molar-refractivity contribution in [3.63, 3.8) is 0 Å². The van der Waals surface area contributed by atoms with Gasteiger partial charge in [0.25, 0.3) is 0 Å². The summed E-state index contributed by atoms with van der Waals surface area (Å²) in [6.07, 6.45) is 0. The monoisotopic (exact) mass is 245 g/mol. The van der Waals surface area contributed by atoms with E-state index in [1.165, 1.54) is 0 Å². The summed E-state index contributed by atoms with van der Waals surface area (Å²) in [5.74, 6) is 1.15. The molecular formula is C13H15N3O2. The fraction of sp³-hybridized carbons (Fsp3) is 0.231.